The largest absolute Gasteiger partial charge is 0.359 e. The fraction of sp³-hybridized carbons (Fsp3) is 0.333. The molecule has 0 saturated carbocycles. The van der Waals surface area contributed by atoms with Crippen LogP contribution in [0.25, 0.3) is 10.9 Å². The summed E-state index contributed by atoms with van der Waals surface area (Å²) in [6.07, 6.45) is 1.83. The molecule has 0 aliphatic carbocycles. The Morgan fingerprint density at radius 1 is 1.07 bits per heavy atom. The highest BCUT2D eigenvalue weighted by molar-refractivity contribution is 5.84. The van der Waals surface area contributed by atoms with Gasteiger partial charge in [-0.15, -0.1) is 0 Å². The number of hydrogen-bond donors (Lipinski definition) is 1. The number of aromatic amines is 1. The Morgan fingerprint density at radius 2 is 1.71 bits per heavy atom. The molecule has 0 unspecified atom stereocenters. The molecule has 1 aromatic heterocycles. The summed E-state index contributed by atoms with van der Waals surface area (Å²) >= 11 is 0. The van der Waals surface area contributed by atoms with E-state index in [9.17, 15) is 4.39 Å². The van der Waals surface area contributed by atoms with Gasteiger partial charge in [-0.05, 0) is 25.0 Å². The first-order valence-electron chi connectivity index (χ1n) is 4.93. The molecule has 2 rings (SSSR count). The Balaban J connectivity index is 0.000000461. The number of aromatic nitrogens is 1. The van der Waals surface area contributed by atoms with Crippen LogP contribution in [0.2, 0.25) is 0 Å². The lowest BCUT2D eigenvalue weighted by Gasteiger charge is -1.97. The summed E-state index contributed by atoms with van der Waals surface area (Å²) < 4.78 is 13.4. The minimum Gasteiger partial charge on any atom is -0.359 e. The van der Waals surface area contributed by atoms with E-state index in [2.05, 4.69) is 4.98 Å². The van der Waals surface area contributed by atoms with Crippen molar-refractivity contribution in [1.29, 1.82) is 0 Å². The number of H-pyrrole nitrogens is 1. The van der Waals surface area contributed by atoms with Gasteiger partial charge in [-0.1, -0.05) is 26.0 Å². The van der Waals surface area contributed by atoms with E-state index in [1.807, 2.05) is 33.0 Å². The molecule has 0 amide bonds. The van der Waals surface area contributed by atoms with Gasteiger partial charge in [-0.3, -0.25) is 0 Å². The van der Waals surface area contributed by atoms with Crippen LogP contribution in [-0.2, 0) is 0 Å². The first kappa shape index (κ1) is 10.8. The predicted octanol–water partition coefficient (Wildman–Crippen LogP) is 3.95. The van der Waals surface area contributed by atoms with E-state index in [1.54, 1.807) is 13.0 Å². The van der Waals surface area contributed by atoms with Crippen molar-refractivity contribution in [2.45, 2.75) is 27.7 Å². The maximum absolute atomic E-state index is 13.4. The summed E-state index contributed by atoms with van der Waals surface area (Å²) in [6, 6.07) is 3.75. The number of hydrogen-bond acceptors (Lipinski definition) is 0. The minimum absolute atomic E-state index is 0.138. The second-order valence-corrected chi connectivity index (χ2v) is 3.09. The van der Waals surface area contributed by atoms with Crippen molar-refractivity contribution >= 4 is 10.9 Å². The highest BCUT2D eigenvalue weighted by Gasteiger charge is 2.06. The topological polar surface area (TPSA) is 15.8 Å². The molecule has 0 atom stereocenters. The maximum Gasteiger partial charge on any atom is 0.150 e. The number of nitrogens with one attached hydrogen (secondary N) is 1. The molecule has 0 fully saturated rings. The number of fused-ring (bicyclic) bond motifs is 1. The Hall–Kier alpha value is -1.31. The monoisotopic (exact) mass is 193 g/mol. The Kier molecular flexibility index (Phi) is 3.28. The van der Waals surface area contributed by atoms with E-state index in [4.69, 9.17) is 0 Å². The van der Waals surface area contributed by atoms with Crippen molar-refractivity contribution in [3.63, 3.8) is 0 Å². The lowest BCUT2D eigenvalue weighted by Crippen LogP contribution is -1.83. The van der Waals surface area contributed by atoms with Crippen LogP contribution in [0.5, 0.6) is 0 Å². The second kappa shape index (κ2) is 4.27. The van der Waals surface area contributed by atoms with Gasteiger partial charge in [0.15, 0.2) is 0 Å². The molecule has 1 aromatic carbocycles. The maximum atomic E-state index is 13.4. The summed E-state index contributed by atoms with van der Waals surface area (Å²) in [5.41, 5.74) is 2.39. The quantitative estimate of drug-likeness (QED) is 0.652. The van der Waals surface area contributed by atoms with E-state index in [0.29, 0.717) is 11.1 Å². The average Bonchev–Trinajstić information content (AvgIpc) is 2.58. The molecular formula is C12H16FN. The van der Waals surface area contributed by atoms with Gasteiger partial charge in [-0.2, -0.15) is 0 Å². The summed E-state index contributed by atoms with van der Waals surface area (Å²) in [7, 11) is 0. The molecule has 0 bridgehead atoms. The van der Waals surface area contributed by atoms with E-state index >= 15 is 0 Å². The molecule has 14 heavy (non-hydrogen) atoms. The van der Waals surface area contributed by atoms with Gasteiger partial charge < -0.3 is 4.98 Å². The molecule has 2 heteroatoms. The van der Waals surface area contributed by atoms with Crippen LogP contribution in [-0.4, -0.2) is 4.98 Å². The highest BCUT2D eigenvalue weighted by atomic mass is 19.1. The number of halogens is 1. The highest BCUT2D eigenvalue weighted by Crippen LogP contribution is 2.22. The summed E-state index contributed by atoms with van der Waals surface area (Å²) in [5, 5.41) is 0.970. The van der Waals surface area contributed by atoms with Crippen LogP contribution in [0, 0.1) is 19.7 Å². The fourth-order valence-corrected chi connectivity index (χ4v) is 1.41. The number of rotatable bonds is 0. The Labute approximate surface area is 84.0 Å². The van der Waals surface area contributed by atoms with Crippen LogP contribution in [0.1, 0.15) is 25.0 Å². The van der Waals surface area contributed by atoms with Crippen LogP contribution >= 0.6 is 0 Å². The van der Waals surface area contributed by atoms with Gasteiger partial charge in [0.2, 0.25) is 0 Å². The van der Waals surface area contributed by atoms with Crippen molar-refractivity contribution in [2.24, 2.45) is 0 Å². The Morgan fingerprint density at radius 3 is 2.36 bits per heavy atom. The first-order chi connectivity index (χ1) is 6.70. The summed E-state index contributed by atoms with van der Waals surface area (Å²) in [4.78, 5) is 2.92. The lowest BCUT2D eigenvalue weighted by atomic mass is 10.1. The van der Waals surface area contributed by atoms with E-state index in [0.717, 1.165) is 10.9 Å². The first-order valence-corrected chi connectivity index (χ1v) is 4.93. The minimum atomic E-state index is -0.138. The van der Waals surface area contributed by atoms with Crippen molar-refractivity contribution in [2.75, 3.05) is 0 Å². The molecule has 1 N–H and O–H groups in total. The summed E-state index contributed by atoms with van der Waals surface area (Å²) in [5.74, 6) is -0.138. The zero-order valence-corrected chi connectivity index (χ0v) is 9.11. The normalized spacial score (nSPS) is 9.79. The SMILES string of the molecule is CC.Cc1ccc2c(C)c[nH]c2c1F. The van der Waals surface area contributed by atoms with Crippen molar-refractivity contribution in [3.05, 3.63) is 35.3 Å². The third-order valence-corrected chi connectivity index (χ3v) is 2.19. The molecule has 1 heterocycles. The lowest BCUT2D eigenvalue weighted by molar-refractivity contribution is 0.628. The molecule has 0 saturated heterocycles. The molecule has 0 aliphatic heterocycles. The van der Waals surface area contributed by atoms with Crippen LogP contribution < -0.4 is 0 Å². The Bertz CT molecular complexity index is 429. The van der Waals surface area contributed by atoms with Crippen LogP contribution in [0.3, 0.4) is 0 Å². The molecule has 76 valence electrons. The van der Waals surface area contributed by atoms with Crippen LogP contribution in [0.4, 0.5) is 4.39 Å². The number of aryl methyl sites for hydroxylation is 2. The van der Waals surface area contributed by atoms with Gasteiger partial charge in [-0.25, -0.2) is 4.39 Å². The van der Waals surface area contributed by atoms with E-state index in [-0.39, 0.29) is 5.82 Å². The molecule has 0 radical (unpaired) electrons. The second-order valence-electron chi connectivity index (χ2n) is 3.09. The van der Waals surface area contributed by atoms with Gasteiger partial charge in [0.1, 0.15) is 5.82 Å². The standard InChI is InChI=1S/C10H10FN.C2H6/c1-6-3-4-8-7(2)5-12-10(8)9(6)11;1-2/h3-5,12H,1-2H3;1-2H3. The average molecular weight is 193 g/mol. The van der Waals surface area contributed by atoms with Gasteiger partial charge in [0.05, 0.1) is 5.52 Å². The van der Waals surface area contributed by atoms with Crippen molar-refractivity contribution < 1.29 is 4.39 Å². The zero-order valence-electron chi connectivity index (χ0n) is 9.11. The molecule has 0 spiro atoms. The fourth-order valence-electron chi connectivity index (χ4n) is 1.41. The van der Waals surface area contributed by atoms with Crippen molar-refractivity contribution in [3.8, 4) is 0 Å². The third-order valence-electron chi connectivity index (χ3n) is 2.19. The molecule has 0 aliphatic rings. The van der Waals surface area contributed by atoms with E-state index < -0.39 is 0 Å². The van der Waals surface area contributed by atoms with Crippen LogP contribution in [0.15, 0.2) is 18.3 Å². The predicted molar refractivity (Wildman–Crippen MR) is 59.1 cm³/mol. The molecular weight excluding hydrogens is 177 g/mol. The van der Waals surface area contributed by atoms with E-state index in [1.165, 1.54) is 0 Å². The summed E-state index contributed by atoms with van der Waals surface area (Å²) in [6.45, 7) is 7.73. The van der Waals surface area contributed by atoms with Gasteiger partial charge in [0.25, 0.3) is 0 Å². The number of benzene rings is 1. The zero-order chi connectivity index (χ0) is 10.7. The van der Waals surface area contributed by atoms with Gasteiger partial charge in [0, 0.05) is 11.6 Å². The van der Waals surface area contributed by atoms with Crippen molar-refractivity contribution in [1.82, 2.24) is 4.98 Å². The molecule has 2 aromatic rings. The molecule has 1 nitrogen and oxygen atoms in total. The van der Waals surface area contributed by atoms with Gasteiger partial charge >= 0.3 is 0 Å². The smallest absolute Gasteiger partial charge is 0.150 e. The third kappa shape index (κ3) is 1.65.